The lowest BCUT2D eigenvalue weighted by Crippen LogP contribution is -2.32. The Labute approximate surface area is 125 Å². The van der Waals surface area contributed by atoms with Crippen LogP contribution in [0.15, 0.2) is 29.2 Å². The number of nitrogens with one attached hydrogen (secondary N) is 2. The highest BCUT2D eigenvalue weighted by atomic mass is 32.2. The van der Waals surface area contributed by atoms with E-state index >= 15 is 0 Å². The largest absolute Gasteiger partial charge is 0.411 e. The number of carbonyl (C=O) groups is 1. The van der Waals surface area contributed by atoms with Crippen LogP contribution in [-0.4, -0.2) is 39.0 Å². The number of rotatable bonds is 7. The summed E-state index contributed by atoms with van der Waals surface area (Å²) < 4.78 is 26.3. The van der Waals surface area contributed by atoms with Crippen molar-refractivity contribution in [1.29, 1.82) is 0 Å². The zero-order valence-corrected chi connectivity index (χ0v) is 13.8. The van der Waals surface area contributed by atoms with E-state index in [0.717, 1.165) is 0 Å². The van der Waals surface area contributed by atoms with Crippen molar-refractivity contribution in [2.45, 2.75) is 30.8 Å². The molecule has 0 saturated heterocycles. The van der Waals surface area contributed by atoms with E-state index in [1.165, 1.54) is 37.7 Å². The minimum atomic E-state index is -3.63. The molecule has 21 heavy (non-hydrogen) atoms. The van der Waals surface area contributed by atoms with Crippen molar-refractivity contribution in [2.24, 2.45) is 0 Å². The molecule has 7 nitrogen and oxygen atoms in total. The molecule has 0 aliphatic heterocycles. The normalized spacial score (nSPS) is 12.2. The van der Waals surface area contributed by atoms with Gasteiger partial charge in [0.2, 0.25) is 15.9 Å². The first-order chi connectivity index (χ1) is 9.60. The molecule has 0 unspecified atom stereocenters. The number of amides is 1. The van der Waals surface area contributed by atoms with Gasteiger partial charge in [0.15, 0.2) is 0 Å². The predicted molar refractivity (Wildman–Crippen MR) is 81.4 cm³/mol. The minimum absolute atomic E-state index is 0.0876. The van der Waals surface area contributed by atoms with Crippen molar-refractivity contribution in [1.82, 2.24) is 4.72 Å². The van der Waals surface area contributed by atoms with Gasteiger partial charge in [0.25, 0.3) is 0 Å². The summed E-state index contributed by atoms with van der Waals surface area (Å²) in [5, 5.41) is 2.55. The number of anilines is 1. The van der Waals surface area contributed by atoms with Crippen molar-refractivity contribution in [2.75, 3.05) is 11.9 Å². The van der Waals surface area contributed by atoms with Crippen molar-refractivity contribution in [3.63, 3.8) is 0 Å². The smallest absolute Gasteiger partial charge is 0.329 e. The fraction of sp³-hybridized carbons (Fsp3) is 0.417. The van der Waals surface area contributed by atoms with E-state index in [4.69, 9.17) is 0 Å². The Morgan fingerprint density at radius 1 is 1.24 bits per heavy atom. The first kappa shape index (κ1) is 17.8. The van der Waals surface area contributed by atoms with Crippen LogP contribution < -0.4 is 10.0 Å². The van der Waals surface area contributed by atoms with Gasteiger partial charge in [-0.25, -0.2) is 13.1 Å². The van der Waals surface area contributed by atoms with Gasteiger partial charge in [0.1, 0.15) is 0 Å². The SMILES string of the molecule is CC(=O)Nc1ccc(S(=O)(=O)NCCC[Si](C)(O)O)cc1. The second kappa shape index (κ2) is 7.14. The average molecular weight is 332 g/mol. The Morgan fingerprint density at radius 3 is 2.29 bits per heavy atom. The fourth-order valence-electron chi connectivity index (χ4n) is 1.63. The molecule has 0 heterocycles. The van der Waals surface area contributed by atoms with Gasteiger partial charge in [-0.2, -0.15) is 0 Å². The summed E-state index contributed by atoms with van der Waals surface area (Å²) in [5.41, 5.74) is 0.517. The maximum absolute atomic E-state index is 12.0. The molecular weight excluding hydrogens is 312 g/mol. The van der Waals surface area contributed by atoms with Gasteiger partial charge in [-0.1, -0.05) is 0 Å². The Balaban J connectivity index is 2.60. The summed E-state index contributed by atoms with van der Waals surface area (Å²) in [6, 6.07) is 5.99. The third-order valence-electron chi connectivity index (χ3n) is 2.60. The molecule has 0 saturated carbocycles. The summed E-state index contributed by atoms with van der Waals surface area (Å²) >= 11 is 0. The van der Waals surface area contributed by atoms with Gasteiger partial charge in [-0.05, 0) is 43.3 Å². The molecule has 1 rings (SSSR count). The van der Waals surface area contributed by atoms with Crippen molar-refractivity contribution < 1.29 is 22.8 Å². The van der Waals surface area contributed by atoms with Crippen molar-refractivity contribution in [3.8, 4) is 0 Å². The molecule has 118 valence electrons. The van der Waals surface area contributed by atoms with Gasteiger partial charge in [0, 0.05) is 19.2 Å². The monoisotopic (exact) mass is 332 g/mol. The van der Waals surface area contributed by atoms with Crippen LogP contribution in [0.2, 0.25) is 12.6 Å². The van der Waals surface area contributed by atoms with E-state index < -0.39 is 18.6 Å². The number of hydrogen-bond donors (Lipinski definition) is 4. The highest BCUT2D eigenvalue weighted by Gasteiger charge is 2.21. The number of hydrogen-bond acceptors (Lipinski definition) is 5. The maximum Gasteiger partial charge on any atom is 0.329 e. The molecule has 0 fully saturated rings. The van der Waals surface area contributed by atoms with Crippen LogP contribution in [0.25, 0.3) is 0 Å². The molecule has 0 radical (unpaired) electrons. The second-order valence-electron chi connectivity index (χ2n) is 4.92. The lowest BCUT2D eigenvalue weighted by molar-refractivity contribution is -0.114. The molecule has 0 bridgehead atoms. The molecule has 1 amide bonds. The number of carbonyl (C=O) groups excluding carboxylic acids is 1. The highest BCUT2D eigenvalue weighted by molar-refractivity contribution is 7.89. The first-order valence-corrected chi connectivity index (χ1v) is 10.5. The van der Waals surface area contributed by atoms with Gasteiger partial charge in [-0.15, -0.1) is 0 Å². The number of benzene rings is 1. The molecule has 1 aromatic carbocycles. The van der Waals surface area contributed by atoms with Crippen LogP contribution in [0.1, 0.15) is 13.3 Å². The minimum Gasteiger partial charge on any atom is -0.411 e. The Kier molecular flexibility index (Phi) is 6.05. The fourth-order valence-corrected chi connectivity index (χ4v) is 3.55. The maximum atomic E-state index is 12.0. The molecule has 0 atom stereocenters. The Morgan fingerprint density at radius 2 is 1.81 bits per heavy atom. The van der Waals surface area contributed by atoms with Crippen LogP contribution in [-0.2, 0) is 14.8 Å². The Bertz CT molecular complexity index is 581. The van der Waals surface area contributed by atoms with E-state index in [1.807, 2.05) is 0 Å². The van der Waals surface area contributed by atoms with Crippen LogP contribution in [0.3, 0.4) is 0 Å². The van der Waals surface area contributed by atoms with Gasteiger partial charge in [0.05, 0.1) is 4.90 Å². The summed E-state index contributed by atoms with van der Waals surface area (Å²) in [6.07, 6.45) is 0.360. The predicted octanol–water partition coefficient (Wildman–Crippen LogP) is 0.370. The van der Waals surface area contributed by atoms with E-state index in [1.54, 1.807) is 0 Å². The zero-order valence-electron chi connectivity index (χ0n) is 12.0. The van der Waals surface area contributed by atoms with Crippen LogP contribution in [0.4, 0.5) is 5.69 Å². The molecule has 4 N–H and O–H groups in total. The molecule has 9 heteroatoms. The van der Waals surface area contributed by atoms with E-state index in [-0.39, 0.29) is 23.4 Å². The van der Waals surface area contributed by atoms with Crippen LogP contribution in [0, 0.1) is 0 Å². The quantitative estimate of drug-likeness (QED) is 0.425. The third kappa shape index (κ3) is 6.82. The summed E-state index contributed by atoms with van der Waals surface area (Å²) in [4.78, 5) is 29.5. The van der Waals surface area contributed by atoms with Crippen molar-refractivity contribution in [3.05, 3.63) is 24.3 Å². The summed E-state index contributed by atoms with van der Waals surface area (Å²) in [6.45, 7) is 2.88. The van der Waals surface area contributed by atoms with E-state index in [9.17, 15) is 22.8 Å². The zero-order chi connectivity index (χ0) is 16.1. The summed E-state index contributed by atoms with van der Waals surface area (Å²) in [7, 11) is -6.76. The molecule has 0 spiro atoms. The van der Waals surface area contributed by atoms with Gasteiger partial charge < -0.3 is 14.9 Å². The molecule has 1 aromatic rings. The van der Waals surface area contributed by atoms with Gasteiger partial charge >= 0.3 is 8.56 Å². The van der Waals surface area contributed by atoms with Crippen LogP contribution in [0.5, 0.6) is 0 Å². The topological polar surface area (TPSA) is 116 Å². The van der Waals surface area contributed by atoms with E-state index in [0.29, 0.717) is 12.1 Å². The summed E-state index contributed by atoms with van der Waals surface area (Å²) in [5.74, 6) is -0.232. The first-order valence-electron chi connectivity index (χ1n) is 6.42. The molecule has 0 aliphatic rings. The lowest BCUT2D eigenvalue weighted by atomic mass is 10.3. The average Bonchev–Trinajstić information content (AvgIpc) is 2.33. The Hall–Kier alpha value is -1.26. The third-order valence-corrected chi connectivity index (χ3v) is 5.38. The standard InChI is InChI=1S/C12H20N2O5SSi/c1-10(15)14-11-4-6-12(7-5-11)20(16,17)13-8-3-9-21(2,18)19/h4-7,13,18-19H,3,8-9H2,1-2H3,(H,14,15). The van der Waals surface area contributed by atoms with E-state index in [2.05, 4.69) is 10.0 Å². The highest BCUT2D eigenvalue weighted by Crippen LogP contribution is 2.14. The molecule has 0 aromatic heterocycles. The lowest BCUT2D eigenvalue weighted by Gasteiger charge is -2.12. The molecular formula is C12H20N2O5SSi. The number of sulfonamides is 1. The second-order valence-corrected chi connectivity index (χ2v) is 9.62. The molecule has 0 aliphatic carbocycles. The van der Waals surface area contributed by atoms with Crippen LogP contribution >= 0.6 is 0 Å². The van der Waals surface area contributed by atoms with Crippen molar-refractivity contribution >= 4 is 30.2 Å². The van der Waals surface area contributed by atoms with Gasteiger partial charge in [-0.3, -0.25) is 4.79 Å².